The molecule has 1 aliphatic rings. The van der Waals surface area contributed by atoms with Crippen LogP contribution in [0.25, 0.3) is 10.2 Å². The first kappa shape index (κ1) is 22.8. The lowest BCUT2D eigenvalue weighted by atomic mass is 9.97. The van der Waals surface area contributed by atoms with Gasteiger partial charge in [-0.3, -0.25) is 4.79 Å². The van der Waals surface area contributed by atoms with Crippen molar-refractivity contribution in [3.05, 3.63) is 48.0 Å². The number of benzene rings is 2. The molecular formula is C21H23N3O5S3. The number of thiazole rings is 1. The number of nitrogens with zero attached hydrogens (tertiary/aromatic N) is 2. The van der Waals surface area contributed by atoms with Crippen LogP contribution in [0.5, 0.6) is 0 Å². The van der Waals surface area contributed by atoms with Gasteiger partial charge in [0.25, 0.3) is 0 Å². The molecule has 0 aliphatic carbocycles. The summed E-state index contributed by atoms with van der Waals surface area (Å²) >= 11 is 1.41. The molecule has 0 unspecified atom stereocenters. The van der Waals surface area contributed by atoms with Crippen molar-refractivity contribution in [3.8, 4) is 0 Å². The van der Waals surface area contributed by atoms with Crippen molar-refractivity contribution in [3.63, 3.8) is 0 Å². The number of sulfone groups is 1. The molecule has 4 rings (SSSR count). The Kier molecular flexibility index (Phi) is 6.10. The second-order valence-electron chi connectivity index (χ2n) is 7.86. The molecule has 1 aliphatic heterocycles. The zero-order chi connectivity index (χ0) is 23.1. The molecule has 1 saturated heterocycles. The molecule has 0 spiro atoms. The zero-order valence-corrected chi connectivity index (χ0v) is 20.1. The highest BCUT2D eigenvalue weighted by molar-refractivity contribution is 7.91. The van der Waals surface area contributed by atoms with E-state index in [0.717, 1.165) is 22.0 Å². The molecule has 3 aromatic rings. The van der Waals surface area contributed by atoms with E-state index in [1.807, 2.05) is 25.1 Å². The molecule has 0 atom stereocenters. The van der Waals surface area contributed by atoms with E-state index in [4.69, 9.17) is 0 Å². The maximum absolute atomic E-state index is 13.0. The number of nitrogens with one attached hydrogen (secondary N) is 1. The van der Waals surface area contributed by atoms with E-state index in [2.05, 4.69) is 10.3 Å². The Hall–Kier alpha value is -2.34. The minimum absolute atomic E-state index is 0.0427. The van der Waals surface area contributed by atoms with Crippen LogP contribution in [-0.4, -0.2) is 51.4 Å². The second-order valence-corrected chi connectivity index (χ2v) is 12.8. The van der Waals surface area contributed by atoms with E-state index in [0.29, 0.717) is 18.0 Å². The number of aryl methyl sites for hydroxylation is 1. The number of hydrogen-bond donors (Lipinski definition) is 1. The fraction of sp³-hybridized carbons (Fsp3) is 0.333. The second kappa shape index (κ2) is 8.54. The van der Waals surface area contributed by atoms with Crippen molar-refractivity contribution in [2.75, 3.05) is 24.7 Å². The Morgan fingerprint density at radius 2 is 1.72 bits per heavy atom. The van der Waals surface area contributed by atoms with Gasteiger partial charge in [-0.2, -0.15) is 4.31 Å². The summed E-state index contributed by atoms with van der Waals surface area (Å²) in [6.07, 6.45) is 1.79. The first-order chi connectivity index (χ1) is 15.1. The molecule has 1 amide bonds. The lowest BCUT2D eigenvalue weighted by Crippen LogP contribution is -2.41. The highest BCUT2D eigenvalue weighted by Gasteiger charge is 2.32. The highest BCUT2D eigenvalue weighted by Crippen LogP contribution is 2.30. The quantitative estimate of drug-likeness (QED) is 0.584. The summed E-state index contributed by atoms with van der Waals surface area (Å²) in [5.74, 6) is -0.491. The fourth-order valence-electron chi connectivity index (χ4n) is 3.72. The van der Waals surface area contributed by atoms with Crippen LogP contribution in [0.1, 0.15) is 18.4 Å². The number of fused-ring (bicyclic) bond motifs is 1. The van der Waals surface area contributed by atoms with Crippen LogP contribution in [0.4, 0.5) is 5.13 Å². The summed E-state index contributed by atoms with van der Waals surface area (Å²) < 4.78 is 51.8. The zero-order valence-electron chi connectivity index (χ0n) is 17.6. The maximum atomic E-state index is 13.0. The molecule has 0 bridgehead atoms. The van der Waals surface area contributed by atoms with Crippen molar-refractivity contribution < 1.29 is 21.6 Å². The van der Waals surface area contributed by atoms with Crippen LogP contribution in [0.2, 0.25) is 0 Å². The summed E-state index contributed by atoms with van der Waals surface area (Å²) in [4.78, 5) is 17.1. The number of para-hydroxylation sites is 1. The molecule has 2 heterocycles. The number of aromatic nitrogens is 1. The Morgan fingerprint density at radius 1 is 1.06 bits per heavy atom. The molecule has 11 heteroatoms. The van der Waals surface area contributed by atoms with Crippen LogP contribution in [0, 0.1) is 12.8 Å². The van der Waals surface area contributed by atoms with E-state index in [9.17, 15) is 21.6 Å². The van der Waals surface area contributed by atoms with E-state index >= 15 is 0 Å². The van der Waals surface area contributed by atoms with Gasteiger partial charge in [0.05, 0.1) is 20.0 Å². The third-order valence-electron chi connectivity index (χ3n) is 5.55. The first-order valence-electron chi connectivity index (χ1n) is 10.0. The number of carbonyl (C=O) groups is 1. The van der Waals surface area contributed by atoms with Crippen molar-refractivity contribution in [1.82, 2.24) is 9.29 Å². The van der Waals surface area contributed by atoms with Crippen LogP contribution in [0.15, 0.2) is 52.3 Å². The number of rotatable bonds is 5. The maximum Gasteiger partial charge on any atom is 0.243 e. The smallest absolute Gasteiger partial charge is 0.243 e. The van der Waals surface area contributed by atoms with Gasteiger partial charge in [-0.05, 0) is 49.6 Å². The topological polar surface area (TPSA) is 114 Å². The molecule has 1 fully saturated rings. The molecule has 2 aromatic carbocycles. The average Bonchev–Trinajstić information content (AvgIpc) is 3.17. The van der Waals surface area contributed by atoms with Gasteiger partial charge in [0.2, 0.25) is 15.9 Å². The predicted molar refractivity (Wildman–Crippen MR) is 124 cm³/mol. The summed E-state index contributed by atoms with van der Waals surface area (Å²) in [7, 11) is -7.37. The monoisotopic (exact) mass is 493 g/mol. The van der Waals surface area contributed by atoms with Gasteiger partial charge >= 0.3 is 0 Å². The molecule has 0 saturated carbocycles. The summed E-state index contributed by atoms with van der Waals surface area (Å²) in [6, 6.07) is 11.2. The van der Waals surface area contributed by atoms with Crippen LogP contribution in [0.3, 0.4) is 0 Å². The predicted octanol–water partition coefficient (Wildman–Crippen LogP) is 3.05. The Morgan fingerprint density at radius 3 is 2.38 bits per heavy atom. The molecule has 170 valence electrons. The van der Waals surface area contributed by atoms with Crippen molar-refractivity contribution >= 4 is 52.5 Å². The summed E-state index contributed by atoms with van der Waals surface area (Å²) in [5.41, 5.74) is 1.91. The third kappa shape index (κ3) is 4.56. The summed E-state index contributed by atoms with van der Waals surface area (Å²) in [5, 5.41) is 3.41. The Balaban J connectivity index is 1.43. The van der Waals surface area contributed by atoms with Gasteiger partial charge in [-0.15, -0.1) is 0 Å². The summed E-state index contributed by atoms with van der Waals surface area (Å²) in [6.45, 7) is 2.33. The number of piperidine rings is 1. The SMILES string of the molecule is Cc1cccc2sc(NC(=O)C3CCN(S(=O)(=O)c4cccc(S(C)(=O)=O)c4)CC3)nc12. The number of amides is 1. The normalized spacial score (nSPS) is 16.3. The molecule has 32 heavy (non-hydrogen) atoms. The van der Waals surface area contributed by atoms with Gasteiger partial charge in [0.1, 0.15) is 0 Å². The van der Waals surface area contributed by atoms with E-state index in [-0.39, 0.29) is 34.7 Å². The minimum Gasteiger partial charge on any atom is -0.302 e. The van der Waals surface area contributed by atoms with Gasteiger partial charge in [-0.1, -0.05) is 29.5 Å². The van der Waals surface area contributed by atoms with E-state index in [1.54, 1.807) is 0 Å². The van der Waals surface area contributed by atoms with Gasteiger partial charge in [-0.25, -0.2) is 21.8 Å². The van der Waals surface area contributed by atoms with Gasteiger partial charge < -0.3 is 5.32 Å². The lowest BCUT2D eigenvalue weighted by molar-refractivity contribution is -0.120. The van der Waals surface area contributed by atoms with Crippen molar-refractivity contribution in [2.45, 2.75) is 29.6 Å². The van der Waals surface area contributed by atoms with Crippen molar-refractivity contribution in [2.24, 2.45) is 5.92 Å². The Bertz CT molecular complexity index is 1390. The minimum atomic E-state index is -3.85. The molecule has 1 aromatic heterocycles. The van der Waals surface area contributed by atoms with Crippen LogP contribution < -0.4 is 5.32 Å². The van der Waals surface area contributed by atoms with Crippen LogP contribution in [-0.2, 0) is 24.7 Å². The number of anilines is 1. The average molecular weight is 494 g/mol. The number of sulfonamides is 1. The van der Waals surface area contributed by atoms with Crippen molar-refractivity contribution in [1.29, 1.82) is 0 Å². The fourth-order valence-corrected chi connectivity index (χ4v) is 6.92. The van der Waals surface area contributed by atoms with E-state index in [1.165, 1.54) is 39.9 Å². The molecule has 0 radical (unpaired) electrons. The first-order valence-corrected chi connectivity index (χ1v) is 14.2. The van der Waals surface area contributed by atoms with Gasteiger partial charge in [0, 0.05) is 25.3 Å². The van der Waals surface area contributed by atoms with Gasteiger partial charge in [0.15, 0.2) is 15.0 Å². The number of carbonyl (C=O) groups excluding carboxylic acids is 1. The highest BCUT2D eigenvalue weighted by atomic mass is 32.2. The Labute approximate surface area is 191 Å². The van der Waals surface area contributed by atoms with Crippen LogP contribution >= 0.6 is 11.3 Å². The molecule has 8 nitrogen and oxygen atoms in total. The number of hydrogen-bond acceptors (Lipinski definition) is 7. The largest absolute Gasteiger partial charge is 0.302 e. The standard InChI is InChI=1S/C21H23N3O5S3/c1-14-5-3-8-18-19(14)22-21(30-18)23-20(25)15-9-11-24(12-10-15)32(28,29)17-7-4-6-16(13-17)31(2,26)27/h3-8,13,15H,9-12H2,1-2H3,(H,22,23,25). The molecule has 1 N–H and O–H groups in total. The third-order valence-corrected chi connectivity index (χ3v) is 9.49. The van der Waals surface area contributed by atoms with E-state index < -0.39 is 19.9 Å². The molecular weight excluding hydrogens is 470 g/mol. The lowest BCUT2D eigenvalue weighted by Gasteiger charge is -2.30.